The van der Waals surface area contributed by atoms with Gasteiger partial charge in [-0.2, -0.15) is 0 Å². The molecule has 18 heavy (non-hydrogen) atoms. The smallest absolute Gasteiger partial charge is 0.326 e. The second kappa shape index (κ2) is 7.22. The minimum atomic E-state index is -1.35. The molecule has 0 aliphatic carbocycles. The fourth-order valence-corrected chi connectivity index (χ4v) is 1.10. The first-order valence-electron chi connectivity index (χ1n) is 5.03. The zero-order valence-corrected chi connectivity index (χ0v) is 9.46. The lowest BCUT2D eigenvalue weighted by atomic mass is 10.1. The summed E-state index contributed by atoms with van der Waals surface area (Å²) in [6.45, 7) is 0. The number of carbonyl (C=O) groups excluding carboxylic acids is 2. The average molecular weight is 261 g/mol. The van der Waals surface area contributed by atoms with Crippen LogP contribution in [0.2, 0.25) is 0 Å². The molecule has 0 bridgehead atoms. The maximum atomic E-state index is 11.4. The molecule has 0 heterocycles. The number of primary amides is 1. The number of hydrogen-bond acceptors (Lipinski definition) is 5. The number of aliphatic carboxylic acids is 2. The number of amides is 2. The lowest BCUT2D eigenvalue weighted by molar-refractivity contribution is -0.142. The van der Waals surface area contributed by atoms with Crippen LogP contribution in [0, 0.1) is 0 Å². The summed E-state index contributed by atoms with van der Waals surface area (Å²) in [4.78, 5) is 42.9. The normalized spacial score (nSPS) is 13.4. The fourth-order valence-electron chi connectivity index (χ4n) is 1.10. The SMILES string of the molecule is NC(=O)CC[C@@H](NC(=O)C(N)CC(=O)O)C(=O)O. The summed E-state index contributed by atoms with van der Waals surface area (Å²) in [7, 11) is 0. The molecule has 0 aromatic carbocycles. The standard InChI is InChI=1S/C9H15N3O6/c10-4(3-7(14)15)8(16)12-5(9(17)18)1-2-6(11)13/h4-5H,1-3,10H2,(H2,11,13)(H,12,16)(H,14,15)(H,17,18)/t4?,5-/m1/s1. The first-order valence-corrected chi connectivity index (χ1v) is 5.03. The number of nitrogens with two attached hydrogens (primary N) is 2. The predicted molar refractivity (Wildman–Crippen MR) is 58.2 cm³/mol. The van der Waals surface area contributed by atoms with Crippen LogP contribution < -0.4 is 16.8 Å². The summed E-state index contributed by atoms with van der Waals surface area (Å²) in [5, 5.41) is 19.2. The van der Waals surface area contributed by atoms with Crippen molar-refractivity contribution in [1.82, 2.24) is 5.32 Å². The van der Waals surface area contributed by atoms with E-state index in [4.69, 9.17) is 21.7 Å². The van der Waals surface area contributed by atoms with Crippen LogP contribution in [0.1, 0.15) is 19.3 Å². The van der Waals surface area contributed by atoms with Gasteiger partial charge in [-0.25, -0.2) is 4.79 Å². The van der Waals surface area contributed by atoms with Gasteiger partial charge in [0.05, 0.1) is 12.5 Å². The maximum Gasteiger partial charge on any atom is 0.326 e. The van der Waals surface area contributed by atoms with Gasteiger partial charge in [0.25, 0.3) is 0 Å². The topological polar surface area (TPSA) is 173 Å². The molecule has 2 atom stereocenters. The number of carboxylic acids is 2. The van der Waals surface area contributed by atoms with Gasteiger partial charge in [0.15, 0.2) is 0 Å². The van der Waals surface area contributed by atoms with Gasteiger partial charge < -0.3 is 27.0 Å². The van der Waals surface area contributed by atoms with Crippen LogP contribution in [-0.4, -0.2) is 46.0 Å². The summed E-state index contributed by atoms with van der Waals surface area (Å²) in [6, 6.07) is -2.68. The Kier molecular flexibility index (Phi) is 6.35. The third-order valence-corrected chi connectivity index (χ3v) is 2.03. The Labute approximate surface area is 102 Å². The van der Waals surface area contributed by atoms with E-state index in [0.717, 1.165) is 0 Å². The van der Waals surface area contributed by atoms with Crippen molar-refractivity contribution >= 4 is 23.8 Å². The Hall–Kier alpha value is -2.16. The molecule has 0 aliphatic heterocycles. The number of nitrogens with one attached hydrogen (secondary N) is 1. The summed E-state index contributed by atoms with van der Waals surface area (Å²) in [5.41, 5.74) is 10.1. The van der Waals surface area contributed by atoms with Crippen LogP contribution in [0.5, 0.6) is 0 Å². The Bertz CT molecular complexity index is 356. The van der Waals surface area contributed by atoms with Crippen molar-refractivity contribution in [3.63, 3.8) is 0 Å². The van der Waals surface area contributed by atoms with E-state index < -0.39 is 42.3 Å². The zero-order chi connectivity index (χ0) is 14.3. The lowest BCUT2D eigenvalue weighted by Gasteiger charge is -2.16. The van der Waals surface area contributed by atoms with E-state index in [-0.39, 0.29) is 12.8 Å². The van der Waals surface area contributed by atoms with Gasteiger partial charge in [0.1, 0.15) is 6.04 Å². The molecule has 1 unspecified atom stereocenters. The van der Waals surface area contributed by atoms with E-state index in [1.54, 1.807) is 0 Å². The Morgan fingerprint density at radius 2 is 1.72 bits per heavy atom. The van der Waals surface area contributed by atoms with Crippen molar-refractivity contribution in [3.05, 3.63) is 0 Å². The molecule has 9 nitrogen and oxygen atoms in total. The molecule has 102 valence electrons. The highest BCUT2D eigenvalue weighted by atomic mass is 16.4. The first-order chi connectivity index (χ1) is 8.23. The second-order valence-electron chi connectivity index (χ2n) is 3.61. The molecule has 0 radical (unpaired) electrons. The summed E-state index contributed by atoms with van der Waals surface area (Å²) < 4.78 is 0. The van der Waals surface area contributed by atoms with E-state index >= 15 is 0 Å². The molecular formula is C9H15N3O6. The molecule has 0 saturated carbocycles. The highest BCUT2D eigenvalue weighted by Crippen LogP contribution is 1.99. The number of rotatable bonds is 8. The largest absolute Gasteiger partial charge is 0.481 e. The van der Waals surface area contributed by atoms with Crippen LogP contribution in [0.25, 0.3) is 0 Å². The molecule has 9 heteroatoms. The highest BCUT2D eigenvalue weighted by molar-refractivity contribution is 5.89. The molecular weight excluding hydrogens is 246 g/mol. The summed E-state index contributed by atoms with van der Waals surface area (Å²) >= 11 is 0. The van der Waals surface area contributed by atoms with E-state index in [1.165, 1.54) is 0 Å². The molecule has 0 rings (SSSR count). The second-order valence-corrected chi connectivity index (χ2v) is 3.61. The van der Waals surface area contributed by atoms with Crippen LogP contribution in [0.15, 0.2) is 0 Å². The molecule has 7 N–H and O–H groups in total. The third kappa shape index (κ3) is 6.43. The van der Waals surface area contributed by atoms with E-state index in [0.29, 0.717) is 0 Å². The van der Waals surface area contributed by atoms with Crippen molar-refractivity contribution in [2.45, 2.75) is 31.3 Å². The highest BCUT2D eigenvalue weighted by Gasteiger charge is 2.24. The van der Waals surface area contributed by atoms with Crippen LogP contribution >= 0.6 is 0 Å². The van der Waals surface area contributed by atoms with Crippen molar-refractivity contribution in [3.8, 4) is 0 Å². The lowest BCUT2D eigenvalue weighted by Crippen LogP contribution is -2.49. The van der Waals surface area contributed by atoms with Crippen molar-refractivity contribution in [2.75, 3.05) is 0 Å². The number of carboxylic acid groups (broad SMARTS) is 2. The fraction of sp³-hybridized carbons (Fsp3) is 0.556. The first kappa shape index (κ1) is 15.8. The van der Waals surface area contributed by atoms with Gasteiger partial charge in [0.2, 0.25) is 11.8 Å². The molecule has 0 aliphatic rings. The van der Waals surface area contributed by atoms with Gasteiger partial charge >= 0.3 is 11.9 Å². The average Bonchev–Trinajstić information content (AvgIpc) is 2.21. The minimum absolute atomic E-state index is 0.184. The van der Waals surface area contributed by atoms with Crippen molar-refractivity contribution < 1.29 is 29.4 Å². The molecule has 2 amide bonds. The Balaban J connectivity index is 4.40. The monoisotopic (exact) mass is 261 g/mol. The van der Waals surface area contributed by atoms with E-state index in [9.17, 15) is 19.2 Å². The van der Waals surface area contributed by atoms with Crippen molar-refractivity contribution in [2.24, 2.45) is 11.5 Å². The van der Waals surface area contributed by atoms with Gasteiger partial charge in [-0.3, -0.25) is 14.4 Å². The zero-order valence-electron chi connectivity index (χ0n) is 9.46. The summed E-state index contributed by atoms with van der Waals surface area (Å²) in [5.74, 6) is -4.24. The van der Waals surface area contributed by atoms with Gasteiger partial charge in [0, 0.05) is 6.42 Å². The molecule has 0 aromatic rings. The maximum absolute atomic E-state index is 11.4. The third-order valence-electron chi connectivity index (χ3n) is 2.03. The van der Waals surface area contributed by atoms with Gasteiger partial charge in [-0.1, -0.05) is 0 Å². The van der Waals surface area contributed by atoms with Gasteiger partial charge in [-0.15, -0.1) is 0 Å². The quantitative estimate of drug-likeness (QED) is 0.324. The molecule has 0 aromatic heterocycles. The number of carbonyl (C=O) groups is 4. The number of hydrogen-bond donors (Lipinski definition) is 5. The van der Waals surface area contributed by atoms with Crippen molar-refractivity contribution in [1.29, 1.82) is 0 Å². The summed E-state index contributed by atoms with van der Waals surface area (Å²) in [6.07, 6.45) is -1.02. The molecule has 0 spiro atoms. The molecule has 0 fully saturated rings. The molecule has 0 saturated heterocycles. The van der Waals surface area contributed by atoms with E-state index in [2.05, 4.69) is 0 Å². The van der Waals surface area contributed by atoms with Gasteiger partial charge in [-0.05, 0) is 6.42 Å². The Morgan fingerprint density at radius 3 is 2.11 bits per heavy atom. The Morgan fingerprint density at radius 1 is 1.17 bits per heavy atom. The van der Waals surface area contributed by atoms with Crippen LogP contribution in [-0.2, 0) is 19.2 Å². The van der Waals surface area contributed by atoms with Crippen LogP contribution in [0.4, 0.5) is 0 Å². The van der Waals surface area contributed by atoms with E-state index in [1.807, 2.05) is 5.32 Å². The predicted octanol–water partition coefficient (Wildman–Crippen LogP) is -2.38. The van der Waals surface area contributed by atoms with Crippen LogP contribution in [0.3, 0.4) is 0 Å². The minimum Gasteiger partial charge on any atom is -0.481 e.